The van der Waals surface area contributed by atoms with E-state index in [2.05, 4.69) is 4.98 Å². The molecule has 0 saturated heterocycles. The summed E-state index contributed by atoms with van der Waals surface area (Å²) in [6.45, 7) is 0. The standard InChI is InChI=1S/C10H4Cl3NO2/c11-6-2-1-4-3-5(10(15)16)9(13)14-8(4)7(6)12/h1-3H,(H,15,16). The van der Waals surface area contributed by atoms with Crippen LogP contribution in [0.15, 0.2) is 18.2 Å². The molecule has 1 heterocycles. The highest BCUT2D eigenvalue weighted by molar-refractivity contribution is 6.45. The van der Waals surface area contributed by atoms with Crippen LogP contribution in [0.25, 0.3) is 10.9 Å². The number of aromatic carboxylic acids is 1. The number of carbonyl (C=O) groups is 1. The summed E-state index contributed by atoms with van der Waals surface area (Å²) in [6, 6.07) is 4.63. The fraction of sp³-hybridized carbons (Fsp3) is 0. The first-order valence-electron chi connectivity index (χ1n) is 4.18. The van der Waals surface area contributed by atoms with Gasteiger partial charge in [0.25, 0.3) is 0 Å². The van der Waals surface area contributed by atoms with E-state index in [-0.39, 0.29) is 15.7 Å². The van der Waals surface area contributed by atoms with Crippen molar-refractivity contribution in [1.29, 1.82) is 0 Å². The molecule has 1 aromatic carbocycles. The minimum absolute atomic E-state index is 0.0624. The number of hydrogen-bond acceptors (Lipinski definition) is 2. The summed E-state index contributed by atoms with van der Waals surface area (Å²) in [6.07, 6.45) is 0. The van der Waals surface area contributed by atoms with E-state index in [0.717, 1.165) is 0 Å². The van der Waals surface area contributed by atoms with E-state index in [1.807, 2.05) is 0 Å². The molecule has 0 aliphatic heterocycles. The van der Waals surface area contributed by atoms with E-state index in [4.69, 9.17) is 39.9 Å². The SMILES string of the molecule is O=C(O)c1cc2ccc(Cl)c(Cl)c2nc1Cl. The van der Waals surface area contributed by atoms with Crippen molar-refractivity contribution in [2.45, 2.75) is 0 Å². The van der Waals surface area contributed by atoms with Crippen LogP contribution in [0.4, 0.5) is 0 Å². The van der Waals surface area contributed by atoms with Crippen LogP contribution in [0.2, 0.25) is 15.2 Å². The number of pyridine rings is 1. The summed E-state index contributed by atoms with van der Waals surface area (Å²) in [7, 11) is 0. The van der Waals surface area contributed by atoms with Gasteiger partial charge in [-0.1, -0.05) is 40.9 Å². The van der Waals surface area contributed by atoms with Crippen molar-refractivity contribution in [1.82, 2.24) is 4.98 Å². The molecule has 82 valence electrons. The first-order chi connectivity index (χ1) is 7.50. The van der Waals surface area contributed by atoms with Gasteiger partial charge in [-0.15, -0.1) is 0 Å². The summed E-state index contributed by atoms with van der Waals surface area (Å²) in [5.74, 6) is -1.13. The average Bonchev–Trinajstić information content (AvgIpc) is 2.23. The van der Waals surface area contributed by atoms with Crippen molar-refractivity contribution in [2.75, 3.05) is 0 Å². The molecule has 0 spiro atoms. The monoisotopic (exact) mass is 275 g/mol. The number of fused-ring (bicyclic) bond motifs is 1. The Balaban J connectivity index is 2.84. The van der Waals surface area contributed by atoms with E-state index in [0.29, 0.717) is 15.9 Å². The maximum Gasteiger partial charge on any atom is 0.338 e. The van der Waals surface area contributed by atoms with Gasteiger partial charge in [0.05, 0.1) is 21.1 Å². The molecule has 0 saturated carbocycles. The van der Waals surface area contributed by atoms with Gasteiger partial charge in [-0.05, 0) is 12.1 Å². The zero-order valence-corrected chi connectivity index (χ0v) is 9.94. The molecule has 0 bridgehead atoms. The maximum absolute atomic E-state index is 10.8. The lowest BCUT2D eigenvalue weighted by atomic mass is 10.1. The molecule has 0 unspecified atom stereocenters. The van der Waals surface area contributed by atoms with Crippen molar-refractivity contribution in [3.05, 3.63) is 39.0 Å². The smallest absolute Gasteiger partial charge is 0.338 e. The second-order valence-electron chi connectivity index (χ2n) is 3.06. The first-order valence-corrected chi connectivity index (χ1v) is 5.31. The van der Waals surface area contributed by atoms with E-state index >= 15 is 0 Å². The van der Waals surface area contributed by atoms with Gasteiger partial charge < -0.3 is 5.11 Å². The Morgan fingerprint density at radius 2 is 1.94 bits per heavy atom. The number of rotatable bonds is 1. The fourth-order valence-corrected chi connectivity index (χ4v) is 1.90. The number of halogens is 3. The summed E-state index contributed by atoms with van der Waals surface area (Å²) in [4.78, 5) is 14.8. The molecule has 1 aromatic heterocycles. The van der Waals surface area contributed by atoms with Gasteiger partial charge in [-0.3, -0.25) is 0 Å². The van der Waals surface area contributed by atoms with Crippen molar-refractivity contribution in [3.63, 3.8) is 0 Å². The van der Waals surface area contributed by atoms with Crippen molar-refractivity contribution >= 4 is 51.7 Å². The third-order valence-corrected chi connectivity index (χ3v) is 3.15. The topological polar surface area (TPSA) is 50.2 Å². The van der Waals surface area contributed by atoms with Crippen LogP contribution in [0.5, 0.6) is 0 Å². The summed E-state index contributed by atoms with van der Waals surface area (Å²) < 4.78 is 0. The molecule has 1 N–H and O–H groups in total. The van der Waals surface area contributed by atoms with Crippen molar-refractivity contribution in [3.8, 4) is 0 Å². The van der Waals surface area contributed by atoms with Crippen LogP contribution < -0.4 is 0 Å². The molecule has 3 nitrogen and oxygen atoms in total. The second kappa shape index (κ2) is 4.09. The quantitative estimate of drug-likeness (QED) is 0.804. The van der Waals surface area contributed by atoms with Crippen LogP contribution in [-0.4, -0.2) is 16.1 Å². The van der Waals surface area contributed by atoms with Gasteiger partial charge in [-0.25, -0.2) is 9.78 Å². The molecule has 16 heavy (non-hydrogen) atoms. The minimum atomic E-state index is -1.13. The van der Waals surface area contributed by atoms with Gasteiger partial charge in [0.2, 0.25) is 0 Å². The Kier molecular flexibility index (Phi) is 2.93. The molecule has 2 rings (SSSR count). The molecule has 0 aliphatic rings. The van der Waals surface area contributed by atoms with E-state index in [1.54, 1.807) is 12.1 Å². The van der Waals surface area contributed by atoms with Gasteiger partial charge in [0, 0.05) is 5.39 Å². The Labute approximate surface area is 106 Å². The Hall–Kier alpha value is -1.03. The van der Waals surface area contributed by atoms with Gasteiger partial charge in [-0.2, -0.15) is 0 Å². The van der Waals surface area contributed by atoms with E-state index < -0.39 is 5.97 Å². The molecular formula is C10H4Cl3NO2. The number of carboxylic acid groups (broad SMARTS) is 1. The highest BCUT2D eigenvalue weighted by Gasteiger charge is 2.14. The highest BCUT2D eigenvalue weighted by atomic mass is 35.5. The predicted molar refractivity (Wildman–Crippen MR) is 63.7 cm³/mol. The number of nitrogens with zero attached hydrogens (tertiary/aromatic N) is 1. The summed E-state index contributed by atoms with van der Waals surface area (Å²) in [5.41, 5.74) is 0.330. The average molecular weight is 277 g/mol. The Bertz CT molecular complexity index is 598. The Morgan fingerprint density at radius 3 is 2.56 bits per heavy atom. The van der Waals surface area contributed by atoms with Gasteiger partial charge in [0.1, 0.15) is 5.15 Å². The molecular weight excluding hydrogens is 272 g/mol. The molecule has 0 fully saturated rings. The van der Waals surface area contributed by atoms with Crippen molar-refractivity contribution in [2.24, 2.45) is 0 Å². The zero-order chi connectivity index (χ0) is 11.9. The lowest BCUT2D eigenvalue weighted by Crippen LogP contribution is -1.99. The molecule has 2 aromatic rings. The lowest BCUT2D eigenvalue weighted by Gasteiger charge is -2.04. The number of aromatic nitrogens is 1. The number of carboxylic acids is 1. The normalized spacial score (nSPS) is 10.7. The van der Waals surface area contributed by atoms with Crippen LogP contribution in [0, 0.1) is 0 Å². The molecule has 0 radical (unpaired) electrons. The predicted octanol–water partition coefficient (Wildman–Crippen LogP) is 3.89. The van der Waals surface area contributed by atoms with Gasteiger partial charge in [0.15, 0.2) is 0 Å². The van der Waals surface area contributed by atoms with Crippen molar-refractivity contribution < 1.29 is 9.90 Å². The molecule has 0 aliphatic carbocycles. The second-order valence-corrected chi connectivity index (χ2v) is 4.21. The maximum atomic E-state index is 10.8. The molecule has 0 atom stereocenters. The Morgan fingerprint density at radius 1 is 1.25 bits per heavy atom. The largest absolute Gasteiger partial charge is 0.478 e. The molecule has 0 amide bonds. The first kappa shape index (κ1) is 11.5. The third-order valence-electron chi connectivity index (χ3n) is 2.06. The fourth-order valence-electron chi connectivity index (χ4n) is 1.31. The van der Waals surface area contributed by atoms with Crippen LogP contribution in [0.1, 0.15) is 10.4 Å². The van der Waals surface area contributed by atoms with Gasteiger partial charge >= 0.3 is 5.97 Å². The third kappa shape index (κ3) is 1.82. The van der Waals surface area contributed by atoms with E-state index in [1.165, 1.54) is 6.07 Å². The number of benzene rings is 1. The number of hydrogen-bond donors (Lipinski definition) is 1. The van der Waals surface area contributed by atoms with Crippen LogP contribution in [-0.2, 0) is 0 Å². The summed E-state index contributed by atoms with van der Waals surface area (Å²) >= 11 is 17.5. The minimum Gasteiger partial charge on any atom is -0.478 e. The van der Waals surface area contributed by atoms with E-state index in [9.17, 15) is 4.79 Å². The lowest BCUT2D eigenvalue weighted by molar-refractivity contribution is 0.0697. The van der Waals surface area contributed by atoms with Crippen LogP contribution >= 0.6 is 34.8 Å². The zero-order valence-electron chi connectivity index (χ0n) is 7.67. The van der Waals surface area contributed by atoms with Crippen LogP contribution in [0.3, 0.4) is 0 Å². The highest BCUT2D eigenvalue weighted by Crippen LogP contribution is 2.31. The molecule has 6 heteroatoms. The summed E-state index contributed by atoms with van der Waals surface area (Å²) in [5, 5.41) is 9.95.